The summed E-state index contributed by atoms with van der Waals surface area (Å²) in [7, 11) is 1.57. The predicted molar refractivity (Wildman–Crippen MR) is 113 cm³/mol. The van der Waals surface area contributed by atoms with Crippen LogP contribution in [0.5, 0.6) is 5.75 Å². The molecular formula is C22H23N5O4. The number of benzene rings is 1. The lowest BCUT2D eigenvalue weighted by Gasteiger charge is -2.21. The number of aromatic nitrogens is 2. The average molecular weight is 421 g/mol. The fourth-order valence-corrected chi connectivity index (χ4v) is 3.70. The van der Waals surface area contributed by atoms with Crippen LogP contribution in [-0.2, 0) is 10.3 Å². The SMILES string of the molecule is COc1ccc([C@@]2(C)NC(=O)N(/N=C\c3cc(C)n(-c4cc(C)on4)c3C)C2=O)cc1. The van der Waals surface area contributed by atoms with Crippen LogP contribution in [0.3, 0.4) is 0 Å². The highest BCUT2D eigenvalue weighted by molar-refractivity contribution is 6.07. The minimum atomic E-state index is -1.21. The molecule has 0 unspecified atom stereocenters. The van der Waals surface area contributed by atoms with Gasteiger partial charge in [0.15, 0.2) is 5.82 Å². The number of imide groups is 1. The molecule has 0 radical (unpaired) electrons. The zero-order valence-electron chi connectivity index (χ0n) is 18.0. The van der Waals surface area contributed by atoms with Gasteiger partial charge >= 0.3 is 6.03 Å². The number of aryl methyl sites for hydroxylation is 2. The van der Waals surface area contributed by atoms with E-state index >= 15 is 0 Å². The Labute approximate surface area is 179 Å². The summed E-state index contributed by atoms with van der Waals surface area (Å²) >= 11 is 0. The minimum Gasteiger partial charge on any atom is -0.497 e. The second-order valence-corrected chi connectivity index (χ2v) is 7.60. The monoisotopic (exact) mass is 421 g/mol. The second-order valence-electron chi connectivity index (χ2n) is 7.60. The number of methoxy groups -OCH3 is 1. The van der Waals surface area contributed by atoms with Gasteiger partial charge in [0.1, 0.15) is 17.0 Å². The molecule has 1 fully saturated rings. The molecule has 1 atom stereocenters. The molecule has 1 aromatic carbocycles. The van der Waals surface area contributed by atoms with Gasteiger partial charge in [-0.1, -0.05) is 17.3 Å². The Morgan fingerprint density at radius 2 is 1.87 bits per heavy atom. The molecule has 3 amide bonds. The first-order valence-corrected chi connectivity index (χ1v) is 9.72. The summed E-state index contributed by atoms with van der Waals surface area (Å²) in [6.45, 7) is 7.32. The van der Waals surface area contributed by atoms with Crippen LogP contribution >= 0.6 is 0 Å². The van der Waals surface area contributed by atoms with Crippen molar-refractivity contribution in [3.63, 3.8) is 0 Å². The van der Waals surface area contributed by atoms with Gasteiger partial charge in [0.25, 0.3) is 5.91 Å². The number of carbonyl (C=O) groups excluding carboxylic acids is 2. The van der Waals surface area contributed by atoms with E-state index in [1.54, 1.807) is 38.3 Å². The molecule has 2 aromatic heterocycles. The van der Waals surface area contributed by atoms with E-state index in [0.717, 1.165) is 22.0 Å². The summed E-state index contributed by atoms with van der Waals surface area (Å²) < 4.78 is 12.2. The molecular weight excluding hydrogens is 398 g/mol. The number of urea groups is 1. The Morgan fingerprint density at radius 3 is 2.48 bits per heavy atom. The number of amides is 3. The van der Waals surface area contributed by atoms with Crippen LogP contribution < -0.4 is 10.1 Å². The molecule has 0 spiro atoms. The van der Waals surface area contributed by atoms with Crippen molar-refractivity contribution in [1.29, 1.82) is 0 Å². The van der Waals surface area contributed by atoms with Crippen molar-refractivity contribution in [2.75, 3.05) is 7.11 Å². The van der Waals surface area contributed by atoms with Crippen LogP contribution in [0.2, 0.25) is 0 Å². The topological polar surface area (TPSA) is 102 Å². The molecule has 3 heterocycles. The van der Waals surface area contributed by atoms with Gasteiger partial charge in [-0.25, -0.2) is 4.79 Å². The van der Waals surface area contributed by atoms with E-state index in [-0.39, 0.29) is 0 Å². The Morgan fingerprint density at radius 1 is 1.16 bits per heavy atom. The Bertz CT molecular complexity index is 1190. The molecule has 4 rings (SSSR count). The van der Waals surface area contributed by atoms with Crippen LogP contribution in [0.1, 0.15) is 35.2 Å². The number of ether oxygens (including phenoxy) is 1. The molecule has 0 bridgehead atoms. The van der Waals surface area contributed by atoms with E-state index in [1.807, 2.05) is 37.5 Å². The summed E-state index contributed by atoms with van der Waals surface area (Å²) in [5.74, 6) is 1.57. The van der Waals surface area contributed by atoms with Gasteiger partial charge in [0.2, 0.25) is 0 Å². The van der Waals surface area contributed by atoms with E-state index in [4.69, 9.17) is 9.26 Å². The van der Waals surface area contributed by atoms with Crippen LogP contribution in [-0.4, -0.2) is 40.0 Å². The molecule has 31 heavy (non-hydrogen) atoms. The third kappa shape index (κ3) is 3.37. The van der Waals surface area contributed by atoms with Gasteiger partial charge < -0.3 is 14.6 Å². The second kappa shape index (κ2) is 7.42. The fraction of sp³-hybridized carbons (Fsp3) is 0.273. The van der Waals surface area contributed by atoms with Gasteiger partial charge in [-0.05, 0) is 51.5 Å². The van der Waals surface area contributed by atoms with Crippen molar-refractivity contribution in [3.8, 4) is 11.6 Å². The zero-order chi connectivity index (χ0) is 22.3. The summed E-state index contributed by atoms with van der Waals surface area (Å²) in [6.07, 6.45) is 1.50. The standard InChI is InChI=1S/C22H23N5O4/c1-13-10-16(15(3)26(13)19-11-14(2)31-25-19)12-23-27-20(28)22(4,24-21(27)29)17-6-8-18(30-5)9-7-17/h6-12H,1-5H3,(H,24,29)/b23-12-/t22-/m1/s1. The summed E-state index contributed by atoms with van der Waals surface area (Å²) in [4.78, 5) is 25.6. The van der Waals surface area contributed by atoms with E-state index in [9.17, 15) is 9.59 Å². The summed E-state index contributed by atoms with van der Waals surface area (Å²) in [5.41, 5.74) is 1.98. The van der Waals surface area contributed by atoms with Gasteiger partial charge in [-0.15, -0.1) is 5.01 Å². The largest absolute Gasteiger partial charge is 0.497 e. The molecule has 3 aromatic rings. The minimum absolute atomic E-state index is 0.458. The van der Waals surface area contributed by atoms with E-state index in [0.29, 0.717) is 22.9 Å². The van der Waals surface area contributed by atoms with E-state index in [2.05, 4.69) is 15.6 Å². The lowest BCUT2D eigenvalue weighted by atomic mass is 9.92. The third-order valence-electron chi connectivity index (χ3n) is 5.46. The number of hydrogen-bond donors (Lipinski definition) is 1. The van der Waals surface area contributed by atoms with Crippen LogP contribution in [0.25, 0.3) is 5.82 Å². The highest BCUT2D eigenvalue weighted by Crippen LogP contribution is 2.30. The first-order valence-electron chi connectivity index (χ1n) is 9.72. The zero-order valence-corrected chi connectivity index (χ0v) is 18.0. The lowest BCUT2D eigenvalue weighted by Crippen LogP contribution is -2.40. The van der Waals surface area contributed by atoms with Crippen LogP contribution in [0.15, 0.2) is 46.0 Å². The van der Waals surface area contributed by atoms with E-state index < -0.39 is 17.5 Å². The molecule has 1 aliphatic heterocycles. The highest BCUT2D eigenvalue weighted by Gasteiger charge is 2.49. The maximum absolute atomic E-state index is 13.1. The van der Waals surface area contributed by atoms with Gasteiger partial charge in [-0.3, -0.25) is 9.36 Å². The van der Waals surface area contributed by atoms with Gasteiger partial charge in [-0.2, -0.15) is 5.10 Å². The van der Waals surface area contributed by atoms with Crippen molar-refractivity contribution >= 4 is 18.2 Å². The molecule has 0 saturated carbocycles. The van der Waals surface area contributed by atoms with Crippen molar-refractivity contribution in [3.05, 3.63) is 64.7 Å². The first-order chi connectivity index (χ1) is 14.7. The molecule has 9 nitrogen and oxygen atoms in total. The highest BCUT2D eigenvalue weighted by atomic mass is 16.5. The number of nitrogens with one attached hydrogen (secondary N) is 1. The quantitative estimate of drug-likeness (QED) is 0.503. The average Bonchev–Trinajstić information content (AvgIpc) is 3.36. The lowest BCUT2D eigenvalue weighted by molar-refractivity contribution is -0.131. The summed E-state index contributed by atoms with van der Waals surface area (Å²) in [6, 6.07) is 10.1. The van der Waals surface area contributed by atoms with Gasteiger partial charge in [0, 0.05) is 23.0 Å². The summed E-state index contributed by atoms with van der Waals surface area (Å²) in [5, 5.41) is 11.8. The fourth-order valence-electron chi connectivity index (χ4n) is 3.70. The maximum Gasteiger partial charge on any atom is 0.346 e. The number of hydrogen-bond acceptors (Lipinski definition) is 6. The number of rotatable bonds is 5. The number of hydrazone groups is 1. The molecule has 0 aliphatic carbocycles. The van der Waals surface area contributed by atoms with Crippen molar-refractivity contribution in [1.82, 2.24) is 20.0 Å². The first kappa shape index (κ1) is 20.4. The molecule has 1 N–H and O–H groups in total. The maximum atomic E-state index is 13.1. The molecule has 1 aliphatic rings. The Balaban J connectivity index is 1.61. The van der Waals surface area contributed by atoms with Crippen molar-refractivity contribution < 1.29 is 18.8 Å². The third-order valence-corrected chi connectivity index (χ3v) is 5.46. The van der Waals surface area contributed by atoms with Crippen molar-refractivity contribution in [2.24, 2.45) is 5.10 Å². The molecule has 160 valence electrons. The Hall–Kier alpha value is -3.88. The van der Waals surface area contributed by atoms with Crippen molar-refractivity contribution in [2.45, 2.75) is 33.2 Å². The predicted octanol–water partition coefficient (Wildman–Crippen LogP) is 3.20. The van der Waals surface area contributed by atoms with Crippen LogP contribution in [0, 0.1) is 20.8 Å². The molecule has 1 saturated heterocycles. The normalized spacial score (nSPS) is 18.8. The van der Waals surface area contributed by atoms with Crippen LogP contribution in [0.4, 0.5) is 4.79 Å². The Kier molecular flexibility index (Phi) is 4.88. The molecule has 9 heteroatoms. The number of nitrogens with zero attached hydrogens (tertiary/aromatic N) is 4. The smallest absolute Gasteiger partial charge is 0.346 e. The van der Waals surface area contributed by atoms with Gasteiger partial charge in [0.05, 0.1) is 13.3 Å². The van der Waals surface area contributed by atoms with E-state index in [1.165, 1.54) is 6.21 Å². The number of carbonyl (C=O) groups is 2.